The zero-order chi connectivity index (χ0) is 21.1. The Kier molecular flexibility index (Phi) is 5.72. The molecular formula is C23H17BrFN3O2. The summed E-state index contributed by atoms with van der Waals surface area (Å²) >= 11 is 3.38. The Hall–Kier alpha value is -3.32. The van der Waals surface area contributed by atoms with Crippen LogP contribution in [0, 0.1) is 12.7 Å². The molecular weight excluding hydrogens is 449 g/mol. The van der Waals surface area contributed by atoms with Gasteiger partial charge in [-0.2, -0.15) is 9.78 Å². The molecule has 0 amide bonds. The van der Waals surface area contributed by atoms with Crippen LogP contribution in [0.3, 0.4) is 0 Å². The number of benzene rings is 3. The Morgan fingerprint density at radius 3 is 2.73 bits per heavy atom. The molecule has 5 nitrogen and oxygen atoms in total. The van der Waals surface area contributed by atoms with Crippen molar-refractivity contribution in [2.24, 2.45) is 5.10 Å². The van der Waals surface area contributed by atoms with Gasteiger partial charge in [-0.3, -0.25) is 4.79 Å². The normalized spacial score (nSPS) is 11.3. The predicted octanol–water partition coefficient (Wildman–Crippen LogP) is 5.07. The fourth-order valence-electron chi connectivity index (χ4n) is 3.01. The van der Waals surface area contributed by atoms with Gasteiger partial charge in [0.15, 0.2) is 0 Å². The molecule has 4 aromatic rings. The number of hydrogen-bond donors (Lipinski definition) is 0. The van der Waals surface area contributed by atoms with Crippen LogP contribution < -0.4 is 10.3 Å². The van der Waals surface area contributed by atoms with Gasteiger partial charge < -0.3 is 4.74 Å². The molecule has 150 valence electrons. The summed E-state index contributed by atoms with van der Waals surface area (Å²) in [6.45, 7) is 1.81. The molecule has 0 saturated carbocycles. The topological polar surface area (TPSA) is 56.5 Å². The lowest BCUT2D eigenvalue weighted by Gasteiger charge is -2.10. The van der Waals surface area contributed by atoms with Crippen LogP contribution in [0.15, 0.2) is 81.1 Å². The van der Waals surface area contributed by atoms with E-state index in [1.54, 1.807) is 43.3 Å². The number of halogens is 2. The molecule has 0 aliphatic heterocycles. The second kappa shape index (κ2) is 8.59. The fourth-order valence-corrected chi connectivity index (χ4v) is 3.37. The second-order valence-electron chi connectivity index (χ2n) is 6.60. The SMILES string of the molecule is Cc1nc2ccc(Br)cc2c(=O)n1N=Cc1ccccc1OCc1ccccc1F. The van der Waals surface area contributed by atoms with Crippen molar-refractivity contribution in [3.8, 4) is 5.75 Å². The summed E-state index contributed by atoms with van der Waals surface area (Å²) in [5.41, 5.74) is 1.47. The van der Waals surface area contributed by atoms with Crippen molar-refractivity contribution in [1.82, 2.24) is 9.66 Å². The van der Waals surface area contributed by atoms with E-state index in [0.717, 1.165) is 4.47 Å². The number of para-hydroxylation sites is 1. The summed E-state index contributed by atoms with van der Waals surface area (Å²) in [6, 6.07) is 19.0. The number of nitrogens with zero attached hydrogens (tertiary/aromatic N) is 3. The van der Waals surface area contributed by atoms with Gasteiger partial charge >= 0.3 is 0 Å². The molecule has 0 atom stereocenters. The number of aromatic nitrogens is 2. The summed E-state index contributed by atoms with van der Waals surface area (Å²) in [5.74, 6) is 0.682. The van der Waals surface area contributed by atoms with Crippen molar-refractivity contribution in [1.29, 1.82) is 0 Å². The average Bonchev–Trinajstić information content (AvgIpc) is 2.74. The third kappa shape index (κ3) is 4.16. The van der Waals surface area contributed by atoms with Crippen molar-refractivity contribution in [3.63, 3.8) is 0 Å². The highest BCUT2D eigenvalue weighted by molar-refractivity contribution is 9.10. The first-order valence-electron chi connectivity index (χ1n) is 9.21. The largest absolute Gasteiger partial charge is 0.488 e. The van der Waals surface area contributed by atoms with E-state index >= 15 is 0 Å². The smallest absolute Gasteiger partial charge is 0.282 e. The minimum absolute atomic E-state index is 0.0854. The van der Waals surface area contributed by atoms with E-state index in [1.807, 2.05) is 24.3 Å². The summed E-state index contributed by atoms with van der Waals surface area (Å²) in [7, 11) is 0. The van der Waals surface area contributed by atoms with E-state index in [9.17, 15) is 9.18 Å². The summed E-state index contributed by atoms with van der Waals surface area (Å²) in [6.07, 6.45) is 1.54. The lowest BCUT2D eigenvalue weighted by atomic mass is 10.2. The van der Waals surface area contributed by atoms with E-state index < -0.39 is 0 Å². The van der Waals surface area contributed by atoms with Gasteiger partial charge in [0.25, 0.3) is 5.56 Å². The number of hydrogen-bond acceptors (Lipinski definition) is 4. The number of aryl methyl sites for hydroxylation is 1. The molecule has 0 fully saturated rings. The number of rotatable bonds is 5. The molecule has 1 aromatic heterocycles. The van der Waals surface area contributed by atoms with E-state index in [1.165, 1.54) is 17.0 Å². The Balaban J connectivity index is 1.65. The molecule has 3 aromatic carbocycles. The Labute approximate surface area is 180 Å². The van der Waals surface area contributed by atoms with Crippen LogP contribution in [0.5, 0.6) is 5.75 Å². The van der Waals surface area contributed by atoms with Crippen LogP contribution >= 0.6 is 15.9 Å². The Bertz CT molecular complexity index is 1320. The molecule has 0 radical (unpaired) electrons. The lowest BCUT2D eigenvalue weighted by Crippen LogP contribution is -2.20. The third-order valence-electron chi connectivity index (χ3n) is 4.54. The monoisotopic (exact) mass is 465 g/mol. The first kappa shape index (κ1) is 20.0. The van der Waals surface area contributed by atoms with Gasteiger partial charge in [-0.05, 0) is 43.3 Å². The molecule has 0 aliphatic carbocycles. The maximum absolute atomic E-state index is 13.9. The maximum atomic E-state index is 13.9. The molecule has 0 spiro atoms. The number of ether oxygens (including phenoxy) is 1. The van der Waals surface area contributed by atoms with E-state index in [2.05, 4.69) is 26.0 Å². The minimum atomic E-state index is -0.320. The molecule has 1 heterocycles. The van der Waals surface area contributed by atoms with Crippen molar-refractivity contribution in [3.05, 3.63) is 104 Å². The zero-order valence-corrected chi connectivity index (χ0v) is 17.6. The van der Waals surface area contributed by atoms with Gasteiger partial charge in [-0.25, -0.2) is 9.37 Å². The standard InChI is InChI=1S/C23H17BrFN3O2/c1-15-27-21-11-10-18(24)12-19(21)23(29)28(15)26-13-16-6-3-5-9-22(16)30-14-17-7-2-4-8-20(17)25/h2-13H,14H2,1H3. The van der Waals surface area contributed by atoms with Gasteiger partial charge in [0.1, 0.15) is 24.0 Å². The second-order valence-corrected chi connectivity index (χ2v) is 7.52. The van der Waals surface area contributed by atoms with Crippen molar-refractivity contribution >= 4 is 33.0 Å². The molecule has 0 bridgehead atoms. The molecule has 30 heavy (non-hydrogen) atoms. The minimum Gasteiger partial charge on any atom is -0.488 e. The van der Waals surface area contributed by atoms with Gasteiger partial charge in [0.05, 0.1) is 17.1 Å². The lowest BCUT2D eigenvalue weighted by molar-refractivity contribution is 0.299. The summed E-state index contributed by atoms with van der Waals surface area (Å²) in [4.78, 5) is 17.3. The fraction of sp³-hybridized carbons (Fsp3) is 0.0870. The van der Waals surface area contributed by atoms with Crippen LogP contribution in [0.1, 0.15) is 17.0 Å². The van der Waals surface area contributed by atoms with Gasteiger partial charge in [-0.1, -0.05) is 46.3 Å². The van der Waals surface area contributed by atoms with Gasteiger partial charge in [0.2, 0.25) is 0 Å². The third-order valence-corrected chi connectivity index (χ3v) is 5.04. The molecule has 0 N–H and O–H groups in total. The van der Waals surface area contributed by atoms with E-state index in [0.29, 0.717) is 33.6 Å². The molecule has 4 rings (SSSR count). The van der Waals surface area contributed by atoms with Crippen LogP contribution in [0.25, 0.3) is 10.9 Å². The zero-order valence-electron chi connectivity index (χ0n) is 16.0. The molecule has 0 saturated heterocycles. The highest BCUT2D eigenvalue weighted by Gasteiger charge is 2.09. The van der Waals surface area contributed by atoms with Crippen molar-refractivity contribution in [2.45, 2.75) is 13.5 Å². The average molecular weight is 466 g/mol. The molecule has 0 aliphatic rings. The maximum Gasteiger partial charge on any atom is 0.282 e. The quantitative estimate of drug-likeness (QED) is 0.386. The van der Waals surface area contributed by atoms with Crippen molar-refractivity contribution in [2.75, 3.05) is 0 Å². The van der Waals surface area contributed by atoms with Crippen LogP contribution in [-0.2, 0) is 6.61 Å². The summed E-state index contributed by atoms with van der Waals surface area (Å²) in [5, 5.41) is 4.80. The van der Waals surface area contributed by atoms with Crippen LogP contribution in [-0.4, -0.2) is 15.9 Å². The summed E-state index contributed by atoms with van der Waals surface area (Å²) < 4.78 is 21.7. The number of fused-ring (bicyclic) bond motifs is 1. The molecule has 7 heteroatoms. The van der Waals surface area contributed by atoms with Crippen LogP contribution in [0.2, 0.25) is 0 Å². The van der Waals surface area contributed by atoms with Gasteiger partial charge in [0, 0.05) is 15.6 Å². The van der Waals surface area contributed by atoms with E-state index in [-0.39, 0.29) is 18.0 Å². The first-order valence-corrected chi connectivity index (χ1v) is 10.0. The van der Waals surface area contributed by atoms with Crippen molar-refractivity contribution < 1.29 is 9.13 Å². The van der Waals surface area contributed by atoms with Crippen LogP contribution in [0.4, 0.5) is 4.39 Å². The molecule has 0 unspecified atom stereocenters. The first-order chi connectivity index (χ1) is 14.5. The highest BCUT2D eigenvalue weighted by Crippen LogP contribution is 2.19. The predicted molar refractivity (Wildman–Crippen MR) is 119 cm³/mol. The van der Waals surface area contributed by atoms with E-state index in [4.69, 9.17) is 4.74 Å². The Morgan fingerprint density at radius 1 is 1.13 bits per heavy atom. The van der Waals surface area contributed by atoms with Gasteiger partial charge in [-0.15, -0.1) is 0 Å². The Morgan fingerprint density at radius 2 is 1.90 bits per heavy atom. The highest BCUT2D eigenvalue weighted by atomic mass is 79.9.